The lowest BCUT2D eigenvalue weighted by atomic mass is 10.2. The van der Waals surface area contributed by atoms with Crippen molar-refractivity contribution in [2.24, 2.45) is 5.92 Å². The molecule has 1 aromatic rings. The summed E-state index contributed by atoms with van der Waals surface area (Å²) >= 11 is 0. The van der Waals surface area contributed by atoms with Gasteiger partial charge >= 0.3 is 0 Å². The molecule has 1 N–H and O–H groups in total. The molecular weight excluding hydrogens is 242 g/mol. The highest BCUT2D eigenvalue weighted by Crippen LogP contribution is 2.12. The summed E-state index contributed by atoms with van der Waals surface area (Å²) in [5.41, 5.74) is -0.364. The van der Waals surface area contributed by atoms with Crippen molar-refractivity contribution in [3.8, 4) is 6.07 Å². The molecule has 1 heterocycles. The van der Waals surface area contributed by atoms with E-state index in [-0.39, 0.29) is 17.0 Å². The van der Waals surface area contributed by atoms with Crippen LogP contribution >= 0.6 is 0 Å². The minimum Gasteiger partial charge on any atom is -0.328 e. The van der Waals surface area contributed by atoms with Crippen LogP contribution in [0.25, 0.3) is 0 Å². The highest BCUT2D eigenvalue weighted by molar-refractivity contribution is 7.89. The summed E-state index contributed by atoms with van der Waals surface area (Å²) in [6.07, 6.45) is 1.14. The van der Waals surface area contributed by atoms with Gasteiger partial charge in [0.1, 0.15) is 0 Å². The number of aromatic nitrogens is 1. The average Bonchev–Trinajstić information content (AvgIpc) is 2.29. The first-order valence-electron chi connectivity index (χ1n) is 4.92. The predicted molar refractivity (Wildman–Crippen MR) is 61.7 cm³/mol. The van der Waals surface area contributed by atoms with E-state index in [1.165, 1.54) is 13.1 Å². The number of pyridine rings is 1. The van der Waals surface area contributed by atoms with Crippen LogP contribution in [0.1, 0.15) is 6.92 Å². The molecule has 1 atom stereocenters. The Morgan fingerprint density at radius 3 is 2.65 bits per heavy atom. The van der Waals surface area contributed by atoms with Crippen LogP contribution in [0, 0.1) is 17.2 Å². The molecule has 0 saturated heterocycles. The van der Waals surface area contributed by atoms with Crippen LogP contribution < -0.4 is 5.56 Å². The van der Waals surface area contributed by atoms with Gasteiger partial charge in [0, 0.05) is 25.9 Å². The molecule has 92 valence electrons. The number of hydrogen-bond acceptors (Lipinski definition) is 4. The Kier molecular flexibility index (Phi) is 4.04. The number of H-pyrrole nitrogens is 1. The zero-order valence-corrected chi connectivity index (χ0v) is 10.4. The van der Waals surface area contributed by atoms with Gasteiger partial charge in [-0.1, -0.05) is 0 Å². The third-order valence-electron chi connectivity index (χ3n) is 2.22. The van der Waals surface area contributed by atoms with Crippen molar-refractivity contribution in [2.45, 2.75) is 11.8 Å². The van der Waals surface area contributed by atoms with Crippen LogP contribution in [0.3, 0.4) is 0 Å². The number of nitrogens with one attached hydrogen (secondary N) is 1. The van der Waals surface area contributed by atoms with Crippen LogP contribution in [-0.4, -0.2) is 31.3 Å². The molecule has 0 amide bonds. The van der Waals surface area contributed by atoms with Crippen molar-refractivity contribution in [1.29, 1.82) is 5.26 Å². The number of hydrogen-bond donors (Lipinski definition) is 1. The average molecular weight is 255 g/mol. The number of nitriles is 1. The SMILES string of the molecule is CC(C#N)CN(C)S(=O)(=O)c1ccc(=O)[nH]c1. The Morgan fingerprint density at radius 2 is 2.18 bits per heavy atom. The molecule has 0 spiro atoms. The van der Waals surface area contributed by atoms with Crippen LogP contribution in [0.5, 0.6) is 0 Å². The van der Waals surface area contributed by atoms with Gasteiger partial charge in [0.25, 0.3) is 0 Å². The van der Waals surface area contributed by atoms with Crippen molar-refractivity contribution < 1.29 is 8.42 Å². The van der Waals surface area contributed by atoms with Gasteiger partial charge in [-0.3, -0.25) is 4.79 Å². The lowest BCUT2D eigenvalue weighted by Gasteiger charge is -2.17. The fraction of sp³-hybridized carbons (Fsp3) is 0.400. The van der Waals surface area contributed by atoms with Gasteiger partial charge in [-0.15, -0.1) is 0 Å². The van der Waals surface area contributed by atoms with Gasteiger partial charge in [-0.05, 0) is 13.0 Å². The van der Waals surface area contributed by atoms with Gasteiger partial charge in [-0.2, -0.15) is 9.57 Å². The quantitative estimate of drug-likeness (QED) is 0.828. The molecule has 0 aliphatic carbocycles. The van der Waals surface area contributed by atoms with Crippen LogP contribution in [0.4, 0.5) is 0 Å². The third-order valence-corrected chi connectivity index (χ3v) is 4.03. The summed E-state index contributed by atoms with van der Waals surface area (Å²) in [6.45, 7) is 1.75. The number of nitrogens with zero attached hydrogens (tertiary/aromatic N) is 2. The van der Waals surface area contributed by atoms with Gasteiger partial charge < -0.3 is 4.98 Å². The summed E-state index contributed by atoms with van der Waals surface area (Å²) in [4.78, 5) is 13.1. The molecule has 0 radical (unpaired) electrons. The summed E-state index contributed by atoms with van der Waals surface area (Å²) in [6, 6.07) is 4.35. The van der Waals surface area contributed by atoms with E-state index in [0.29, 0.717) is 0 Å². The van der Waals surface area contributed by atoms with Crippen LogP contribution in [-0.2, 0) is 10.0 Å². The highest BCUT2D eigenvalue weighted by Gasteiger charge is 2.22. The molecule has 1 unspecified atom stereocenters. The van der Waals surface area contributed by atoms with E-state index < -0.39 is 15.9 Å². The first kappa shape index (κ1) is 13.4. The number of rotatable bonds is 4. The molecule has 0 aromatic carbocycles. The summed E-state index contributed by atoms with van der Waals surface area (Å²) in [5, 5.41) is 8.64. The summed E-state index contributed by atoms with van der Waals surface area (Å²) in [7, 11) is -2.25. The van der Waals surface area contributed by atoms with E-state index in [0.717, 1.165) is 16.6 Å². The van der Waals surface area contributed by atoms with E-state index in [9.17, 15) is 13.2 Å². The van der Waals surface area contributed by atoms with Crippen molar-refractivity contribution in [3.05, 3.63) is 28.7 Å². The van der Waals surface area contributed by atoms with Crippen LogP contribution in [0.2, 0.25) is 0 Å². The minimum atomic E-state index is -3.65. The van der Waals surface area contributed by atoms with Gasteiger partial charge in [0.2, 0.25) is 15.6 Å². The molecular formula is C10H13N3O3S. The predicted octanol–water partition coefficient (Wildman–Crippen LogP) is 0.155. The third kappa shape index (κ3) is 3.15. The van der Waals surface area contributed by atoms with Crippen LogP contribution in [0.15, 0.2) is 28.0 Å². The Balaban J connectivity index is 3.00. The van der Waals surface area contributed by atoms with Gasteiger partial charge in [0.15, 0.2) is 0 Å². The smallest absolute Gasteiger partial charge is 0.247 e. The molecule has 0 aliphatic heterocycles. The normalized spacial score (nSPS) is 13.3. The van der Waals surface area contributed by atoms with Crippen molar-refractivity contribution in [1.82, 2.24) is 9.29 Å². The lowest BCUT2D eigenvalue weighted by molar-refractivity contribution is 0.439. The molecule has 0 fully saturated rings. The maximum absolute atomic E-state index is 12.0. The zero-order chi connectivity index (χ0) is 13.1. The Bertz CT molecular complexity index is 565. The molecule has 0 bridgehead atoms. The number of sulfonamides is 1. The van der Waals surface area contributed by atoms with Crippen molar-refractivity contribution in [3.63, 3.8) is 0 Å². The largest absolute Gasteiger partial charge is 0.328 e. The highest BCUT2D eigenvalue weighted by atomic mass is 32.2. The van der Waals surface area contributed by atoms with E-state index in [2.05, 4.69) is 4.98 Å². The molecule has 7 heteroatoms. The van der Waals surface area contributed by atoms with E-state index in [1.54, 1.807) is 6.92 Å². The van der Waals surface area contributed by atoms with E-state index >= 15 is 0 Å². The fourth-order valence-electron chi connectivity index (χ4n) is 1.26. The maximum Gasteiger partial charge on any atom is 0.247 e. The Morgan fingerprint density at radius 1 is 1.53 bits per heavy atom. The molecule has 1 aromatic heterocycles. The number of aromatic amines is 1. The summed E-state index contributed by atoms with van der Waals surface area (Å²) < 4.78 is 25.1. The second-order valence-corrected chi connectivity index (χ2v) is 5.75. The fourth-order valence-corrected chi connectivity index (χ4v) is 2.49. The topological polar surface area (TPSA) is 94.0 Å². The first-order valence-corrected chi connectivity index (χ1v) is 6.36. The van der Waals surface area contributed by atoms with Crippen molar-refractivity contribution >= 4 is 10.0 Å². The molecule has 17 heavy (non-hydrogen) atoms. The molecule has 0 saturated carbocycles. The molecule has 1 rings (SSSR count). The maximum atomic E-state index is 12.0. The first-order chi connectivity index (χ1) is 7.87. The van der Waals surface area contributed by atoms with E-state index in [1.807, 2.05) is 6.07 Å². The molecule has 6 nitrogen and oxygen atoms in total. The summed E-state index contributed by atoms with van der Waals surface area (Å²) in [5.74, 6) is -0.391. The van der Waals surface area contributed by atoms with Crippen molar-refractivity contribution in [2.75, 3.05) is 13.6 Å². The Labute approximate surface area is 99.6 Å². The minimum absolute atomic E-state index is 0.00439. The zero-order valence-electron chi connectivity index (χ0n) is 9.54. The lowest BCUT2D eigenvalue weighted by Crippen LogP contribution is -2.31. The second-order valence-electron chi connectivity index (χ2n) is 3.70. The van der Waals surface area contributed by atoms with Gasteiger partial charge in [0.05, 0.1) is 16.9 Å². The van der Waals surface area contributed by atoms with Gasteiger partial charge in [-0.25, -0.2) is 8.42 Å². The van der Waals surface area contributed by atoms with E-state index in [4.69, 9.17) is 5.26 Å². The second kappa shape index (κ2) is 5.12. The monoisotopic (exact) mass is 255 g/mol. The Hall–Kier alpha value is -1.65. The standard InChI is InChI=1S/C10H13N3O3S/c1-8(5-11)7-13(2)17(15,16)9-3-4-10(14)12-6-9/h3-4,6,8H,7H2,1-2H3,(H,12,14). The molecule has 0 aliphatic rings.